The van der Waals surface area contributed by atoms with Crippen LogP contribution in [0.2, 0.25) is 0 Å². The van der Waals surface area contributed by atoms with Gasteiger partial charge in [0, 0.05) is 49.5 Å². The molecule has 0 bridgehead atoms. The summed E-state index contributed by atoms with van der Waals surface area (Å²) in [5.41, 5.74) is 10.6. The third-order valence-corrected chi connectivity index (χ3v) is 8.86. The summed E-state index contributed by atoms with van der Waals surface area (Å²) < 4.78 is 15.4. The van der Waals surface area contributed by atoms with Gasteiger partial charge < -0.3 is 21.1 Å². The van der Waals surface area contributed by atoms with Crippen LogP contribution in [0.1, 0.15) is 68.1 Å². The van der Waals surface area contributed by atoms with E-state index in [1.54, 1.807) is 6.07 Å². The molecule has 0 radical (unpaired) electrons. The maximum absolute atomic E-state index is 15.4. The van der Waals surface area contributed by atoms with Crippen LogP contribution in [0.25, 0.3) is 11.1 Å². The van der Waals surface area contributed by atoms with Gasteiger partial charge in [-0.3, -0.25) is 9.59 Å². The molecule has 1 saturated heterocycles. The molecule has 2 aliphatic carbocycles. The minimum Gasteiger partial charge on any atom is -0.391 e. The molecule has 4 N–H and O–H groups in total. The van der Waals surface area contributed by atoms with Gasteiger partial charge in [0.25, 0.3) is 0 Å². The number of piperidine rings is 1. The molecule has 2 aromatic rings. The molecule has 2 amide bonds. The van der Waals surface area contributed by atoms with E-state index in [1.165, 1.54) is 6.92 Å². The molecule has 3 aliphatic rings. The number of nitrogens with zero attached hydrogens (tertiary/aromatic N) is 1. The summed E-state index contributed by atoms with van der Waals surface area (Å²) in [5.74, 6) is -0.341. The quantitative estimate of drug-likeness (QED) is 0.519. The summed E-state index contributed by atoms with van der Waals surface area (Å²) in [4.78, 5) is 26.9. The van der Waals surface area contributed by atoms with Crippen molar-refractivity contribution in [1.82, 2.24) is 10.2 Å². The summed E-state index contributed by atoms with van der Waals surface area (Å²) >= 11 is 0. The zero-order valence-corrected chi connectivity index (χ0v) is 21.8. The number of benzene rings is 2. The first-order valence-electron chi connectivity index (χ1n) is 13.6. The molecule has 6 nitrogen and oxygen atoms in total. The Morgan fingerprint density at radius 1 is 1.24 bits per heavy atom. The molecule has 198 valence electrons. The Morgan fingerprint density at radius 3 is 2.76 bits per heavy atom. The average molecular weight is 508 g/mol. The van der Waals surface area contributed by atoms with Crippen LogP contribution in [0.5, 0.6) is 0 Å². The van der Waals surface area contributed by atoms with Gasteiger partial charge >= 0.3 is 0 Å². The first-order valence-corrected chi connectivity index (χ1v) is 13.6. The van der Waals surface area contributed by atoms with E-state index in [1.807, 2.05) is 42.2 Å². The predicted molar refractivity (Wildman–Crippen MR) is 141 cm³/mol. The molecule has 2 fully saturated rings. The lowest BCUT2D eigenvalue weighted by Crippen LogP contribution is -2.57. The molecular weight excluding hydrogens is 469 g/mol. The number of carbonyl (C=O) groups excluding carboxylic acids is 2. The number of halogens is 1. The number of likely N-dealkylation sites (tertiary alicyclic amines) is 1. The molecule has 0 aromatic heterocycles. The molecule has 5 rings (SSSR count). The number of aryl methyl sites for hydroxylation is 1. The van der Waals surface area contributed by atoms with E-state index in [2.05, 4.69) is 5.32 Å². The smallest absolute Gasteiger partial charge is 0.225 e. The number of aliphatic hydroxyl groups is 1. The number of carbonyl (C=O) groups is 2. The van der Waals surface area contributed by atoms with Crippen LogP contribution in [0.15, 0.2) is 36.4 Å². The standard InChI is InChI=1S/C30H38FN3O3/c1-18-6-3-7-20(14-18)27-24(31)10-9-23-28(27)22(8-4-12-33-19(2)35)30(23)11-5-13-34(17-30)29(37)21-15-25(32)26(36)16-21/h3,6-7,9-10,14,21-22,25-26,36H,4-5,8,11-13,15-17,32H2,1-2H3,(H,33,35)/t21-,22-,25+,26-,30-/m0/s1. The van der Waals surface area contributed by atoms with Crippen molar-refractivity contribution in [2.75, 3.05) is 19.6 Å². The number of amides is 2. The van der Waals surface area contributed by atoms with Gasteiger partial charge in [-0.15, -0.1) is 0 Å². The van der Waals surface area contributed by atoms with Gasteiger partial charge in [-0.1, -0.05) is 35.9 Å². The molecule has 1 aliphatic heterocycles. The monoisotopic (exact) mass is 507 g/mol. The van der Waals surface area contributed by atoms with Crippen molar-refractivity contribution in [2.45, 2.75) is 75.9 Å². The highest BCUT2D eigenvalue weighted by molar-refractivity contribution is 5.81. The average Bonchev–Trinajstić information content (AvgIpc) is 3.21. The molecule has 1 saturated carbocycles. The minimum absolute atomic E-state index is 0.0541. The van der Waals surface area contributed by atoms with Crippen molar-refractivity contribution < 1.29 is 19.1 Å². The van der Waals surface area contributed by atoms with Crippen LogP contribution in [0, 0.1) is 18.7 Å². The normalized spacial score (nSPS) is 28.6. The number of rotatable bonds is 6. The van der Waals surface area contributed by atoms with Gasteiger partial charge in [0.05, 0.1) is 6.10 Å². The number of hydrogen-bond donors (Lipinski definition) is 3. The molecule has 37 heavy (non-hydrogen) atoms. The Bertz CT molecular complexity index is 1190. The fraction of sp³-hybridized carbons (Fsp3) is 0.533. The van der Waals surface area contributed by atoms with Gasteiger partial charge in [0.15, 0.2) is 0 Å². The third-order valence-electron chi connectivity index (χ3n) is 8.86. The number of hydrogen-bond acceptors (Lipinski definition) is 4. The van der Waals surface area contributed by atoms with Crippen LogP contribution in [0.3, 0.4) is 0 Å². The zero-order chi connectivity index (χ0) is 26.3. The Morgan fingerprint density at radius 2 is 2.05 bits per heavy atom. The van der Waals surface area contributed by atoms with Crippen molar-refractivity contribution >= 4 is 11.8 Å². The maximum Gasteiger partial charge on any atom is 0.225 e. The van der Waals surface area contributed by atoms with Gasteiger partial charge in [-0.05, 0) is 74.1 Å². The topological polar surface area (TPSA) is 95.7 Å². The Hall–Kier alpha value is -2.77. The number of nitrogens with two attached hydrogens (primary N) is 1. The van der Waals surface area contributed by atoms with Crippen LogP contribution < -0.4 is 11.1 Å². The van der Waals surface area contributed by atoms with Crippen molar-refractivity contribution in [3.8, 4) is 11.1 Å². The van der Waals surface area contributed by atoms with Gasteiger partial charge in [0.2, 0.25) is 11.8 Å². The summed E-state index contributed by atoms with van der Waals surface area (Å²) in [6.07, 6.45) is 3.73. The van der Waals surface area contributed by atoms with Crippen LogP contribution in [0.4, 0.5) is 4.39 Å². The Labute approximate surface area is 218 Å². The fourth-order valence-corrected chi connectivity index (χ4v) is 7.14. The van der Waals surface area contributed by atoms with Gasteiger partial charge in [0.1, 0.15) is 5.82 Å². The fourth-order valence-electron chi connectivity index (χ4n) is 7.14. The summed E-state index contributed by atoms with van der Waals surface area (Å²) in [6, 6.07) is 11.1. The van der Waals surface area contributed by atoms with E-state index in [9.17, 15) is 14.7 Å². The van der Waals surface area contributed by atoms with Crippen LogP contribution >= 0.6 is 0 Å². The molecule has 5 atom stereocenters. The second-order valence-electron chi connectivity index (χ2n) is 11.3. The van der Waals surface area contributed by atoms with Crippen molar-refractivity contribution in [1.29, 1.82) is 0 Å². The number of aliphatic hydroxyl groups excluding tert-OH is 1. The third kappa shape index (κ3) is 4.68. The number of nitrogens with one attached hydrogen (secondary N) is 1. The second kappa shape index (κ2) is 10.2. The largest absolute Gasteiger partial charge is 0.391 e. The van der Waals surface area contributed by atoms with E-state index < -0.39 is 6.10 Å². The Kier molecular flexibility index (Phi) is 7.12. The van der Waals surface area contributed by atoms with Crippen molar-refractivity contribution in [3.63, 3.8) is 0 Å². The van der Waals surface area contributed by atoms with Crippen molar-refractivity contribution in [2.24, 2.45) is 11.7 Å². The highest BCUT2D eigenvalue weighted by Crippen LogP contribution is 2.61. The van der Waals surface area contributed by atoms with Gasteiger partial charge in [-0.2, -0.15) is 0 Å². The SMILES string of the molecule is CC(=O)NCCC[C@H]1c2c(ccc(F)c2-c2cccc(C)c2)[C@]12CCCN(C(=O)[C@H]1C[C@@H](N)[C@@H](O)C1)C2. The molecule has 0 unspecified atom stereocenters. The molecule has 7 heteroatoms. The Balaban J connectivity index is 1.49. The lowest BCUT2D eigenvalue weighted by atomic mass is 9.50. The first-order chi connectivity index (χ1) is 17.7. The lowest BCUT2D eigenvalue weighted by molar-refractivity contribution is -0.138. The van der Waals surface area contributed by atoms with E-state index >= 15 is 4.39 Å². The van der Waals surface area contributed by atoms with Gasteiger partial charge in [-0.25, -0.2) is 4.39 Å². The summed E-state index contributed by atoms with van der Waals surface area (Å²) in [7, 11) is 0. The molecule has 2 aromatic carbocycles. The molecular formula is C30H38FN3O3. The van der Waals surface area contributed by atoms with E-state index in [4.69, 9.17) is 5.73 Å². The van der Waals surface area contributed by atoms with Crippen LogP contribution in [-0.2, 0) is 15.0 Å². The summed E-state index contributed by atoms with van der Waals surface area (Å²) in [5, 5.41) is 13.0. The number of fused-ring (bicyclic) bond motifs is 2. The maximum atomic E-state index is 15.4. The molecule has 1 spiro atoms. The lowest BCUT2D eigenvalue weighted by Gasteiger charge is -2.57. The first kappa shape index (κ1) is 25.9. The highest BCUT2D eigenvalue weighted by atomic mass is 19.1. The highest BCUT2D eigenvalue weighted by Gasteiger charge is 2.55. The second-order valence-corrected chi connectivity index (χ2v) is 11.3. The minimum atomic E-state index is -0.626. The van der Waals surface area contributed by atoms with Crippen molar-refractivity contribution in [3.05, 3.63) is 58.9 Å². The molecule has 1 heterocycles. The van der Waals surface area contributed by atoms with Crippen LogP contribution in [-0.4, -0.2) is 53.6 Å². The van der Waals surface area contributed by atoms with E-state index in [-0.39, 0.29) is 40.9 Å². The predicted octanol–water partition coefficient (Wildman–Crippen LogP) is 3.77. The van der Waals surface area contributed by atoms with E-state index in [0.29, 0.717) is 38.0 Å². The van der Waals surface area contributed by atoms with E-state index in [0.717, 1.165) is 47.9 Å². The summed E-state index contributed by atoms with van der Waals surface area (Å²) in [6.45, 7) is 5.40. The zero-order valence-electron chi connectivity index (χ0n) is 21.8.